The molecule has 0 aliphatic heterocycles. The quantitative estimate of drug-likeness (QED) is 0.454. The molecule has 0 aromatic carbocycles. The van der Waals surface area contributed by atoms with Crippen molar-refractivity contribution in [3.63, 3.8) is 0 Å². The average Bonchev–Trinajstić information content (AvgIpc) is 2.97. The van der Waals surface area contributed by atoms with Gasteiger partial charge in [0.05, 0.1) is 6.10 Å². The summed E-state index contributed by atoms with van der Waals surface area (Å²) >= 11 is 0. The van der Waals surface area contributed by atoms with Crippen LogP contribution in [0, 0.1) is 52.3 Å². The molecule has 4 rings (SSSR count). The first-order chi connectivity index (χ1) is 12.4. The van der Waals surface area contributed by atoms with Crippen LogP contribution in [0.3, 0.4) is 0 Å². The van der Waals surface area contributed by atoms with Crippen LogP contribution in [0.4, 0.5) is 0 Å². The second-order valence-electron chi connectivity index (χ2n) is 10.3. The van der Waals surface area contributed by atoms with Crippen molar-refractivity contribution in [2.24, 2.45) is 40.4 Å². The van der Waals surface area contributed by atoms with Gasteiger partial charge < -0.3 is 5.11 Å². The van der Waals surface area contributed by atoms with E-state index in [1.165, 1.54) is 38.5 Å². The molecule has 1 heteroatoms. The first kappa shape index (κ1) is 18.6. The standard InChI is InChI=1S/C25H38O/c1-5-6-7-17(2)21-10-11-22-20-9-8-18-16-19(26)12-14-24(18,3)23(20)13-15-25(21,22)4/h8,17,19-23,26H,5,9-16H2,1-4H3. The molecule has 0 radical (unpaired) electrons. The molecule has 0 saturated heterocycles. The smallest absolute Gasteiger partial charge is 0.0577 e. The third-order valence-electron chi connectivity index (χ3n) is 9.26. The number of aliphatic hydroxyl groups excluding tert-OH is 1. The van der Waals surface area contributed by atoms with Crippen molar-refractivity contribution in [2.45, 2.75) is 91.6 Å². The van der Waals surface area contributed by atoms with Gasteiger partial charge >= 0.3 is 0 Å². The highest BCUT2D eigenvalue weighted by Crippen LogP contribution is 2.67. The lowest BCUT2D eigenvalue weighted by atomic mass is 9.47. The Morgan fingerprint density at radius 3 is 2.73 bits per heavy atom. The summed E-state index contributed by atoms with van der Waals surface area (Å²) in [6, 6.07) is 0. The third-order valence-corrected chi connectivity index (χ3v) is 9.26. The number of rotatable bonds is 1. The Kier molecular flexibility index (Phi) is 4.80. The summed E-state index contributed by atoms with van der Waals surface area (Å²) in [5.74, 6) is 10.9. The molecule has 0 aromatic heterocycles. The van der Waals surface area contributed by atoms with Crippen LogP contribution in [-0.2, 0) is 0 Å². The first-order valence-electron chi connectivity index (χ1n) is 11.3. The number of aliphatic hydroxyl groups is 1. The molecule has 0 amide bonds. The lowest BCUT2D eigenvalue weighted by molar-refractivity contribution is -0.0536. The van der Waals surface area contributed by atoms with E-state index in [1.54, 1.807) is 5.57 Å². The van der Waals surface area contributed by atoms with Crippen molar-refractivity contribution in [1.29, 1.82) is 0 Å². The highest BCUT2D eigenvalue weighted by Gasteiger charge is 2.59. The number of hydrogen-bond acceptors (Lipinski definition) is 1. The van der Waals surface area contributed by atoms with E-state index < -0.39 is 0 Å². The number of fused-ring (bicyclic) bond motifs is 5. The summed E-state index contributed by atoms with van der Waals surface area (Å²) in [4.78, 5) is 0. The maximum atomic E-state index is 10.2. The average molecular weight is 355 g/mol. The summed E-state index contributed by atoms with van der Waals surface area (Å²) < 4.78 is 0. The molecule has 1 N–H and O–H groups in total. The Balaban J connectivity index is 1.60. The normalized spacial score (nSPS) is 48.3. The van der Waals surface area contributed by atoms with Gasteiger partial charge in [0.2, 0.25) is 0 Å². The van der Waals surface area contributed by atoms with Crippen LogP contribution >= 0.6 is 0 Å². The van der Waals surface area contributed by atoms with Gasteiger partial charge in [-0.1, -0.05) is 45.3 Å². The van der Waals surface area contributed by atoms with Gasteiger partial charge in [0.25, 0.3) is 0 Å². The molecule has 26 heavy (non-hydrogen) atoms. The van der Waals surface area contributed by atoms with Gasteiger partial charge in [-0.3, -0.25) is 0 Å². The predicted molar refractivity (Wildman–Crippen MR) is 108 cm³/mol. The Morgan fingerprint density at radius 1 is 1.15 bits per heavy atom. The van der Waals surface area contributed by atoms with E-state index in [-0.39, 0.29) is 6.10 Å². The maximum Gasteiger partial charge on any atom is 0.0577 e. The molecule has 4 aliphatic rings. The third kappa shape index (κ3) is 2.71. The van der Waals surface area contributed by atoms with Gasteiger partial charge in [0.1, 0.15) is 0 Å². The summed E-state index contributed by atoms with van der Waals surface area (Å²) in [6.45, 7) is 9.70. The Bertz CT molecular complexity index is 636. The lowest BCUT2D eigenvalue weighted by Gasteiger charge is -2.58. The van der Waals surface area contributed by atoms with E-state index in [2.05, 4.69) is 45.6 Å². The van der Waals surface area contributed by atoms with Crippen LogP contribution < -0.4 is 0 Å². The molecule has 3 saturated carbocycles. The molecule has 0 aromatic rings. The minimum atomic E-state index is -0.0893. The minimum Gasteiger partial charge on any atom is -0.393 e. The van der Waals surface area contributed by atoms with Gasteiger partial charge in [-0.25, -0.2) is 0 Å². The van der Waals surface area contributed by atoms with Crippen LogP contribution in [0.2, 0.25) is 0 Å². The summed E-state index contributed by atoms with van der Waals surface area (Å²) in [5, 5.41) is 10.2. The van der Waals surface area contributed by atoms with Crippen LogP contribution in [0.1, 0.15) is 85.5 Å². The molecule has 8 atom stereocenters. The summed E-state index contributed by atoms with van der Waals surface area (Å²) in [7, 11) is 0. The van der Waals surface area contributed by atoms with Gasteiger partial charge in [-0.2, -0.15) is 0 Å². The zero-order valence-corrected chi connectivity index (χ0v) is 17.4. The van der Waals surface area contributed by atoms with E-state index >= 15 is 0 Å². The molecule has 3 fully saturated rings. The molecule has 4 aliphatic carbocycles. The Labute approximate surface area is 161 Å². The topological polar surface area (TPSA) is 20.2 Å². The molecule has 1 nitrogen and oxygen atoms in total. The summed E-state index contributed by atoms with van der Waals surface area (Å²) in [6.07, 6.45) is 13.5. The highest BCUT2D eigenvalue weighted by atomic mass is 16.3. The second-order valence-corrected chi connectivity index (χ2v) is 10.3. The van der Waals surface area contributed by atoms with Crippen molar-refractivity contribution in [2.75, 3.05) is 0 Å². The fourth-order valence-corrected chi connectivity index (χ4v) is 7.87. The van der Waals surface area contributed by atoms with Gasteiger partial charge in [-0.15, -0.1) is 5.92 Å². The number of allylic oxidation sites excluding steroid dienone is 1. The lowest BCUT2D eigenvalue weighted by Crippen LogP contribution is -2.50. The van der Waals surface area contributed by atoms with Crippen LogP contribution in [-0.4, -0.2) is 11.2 Å². The Hall–Kier alpha value is -0.740. The van der Waals surface area contributed by atoms with Crippen molar-refractivity contribution in [3.8, 4) is 11.8 Å². The summed E-state index contributed by atoms with van der Waals surface area (Å²) in [5.41, 5.74) is 2.46. The zero-order valence-electron chi connectivity index (χ0n) is 17.4. The molecule has 144 valence electrons. The maximum absolute atomic E-state index is 10.2. The van der Waals surface area contributed by atoms with Crippen molar-refractivity contribution < 1.29 is 5.11 Å². The fraction of sp³-hybridized carbons (Fsp3) is 0.840. The molecular formula is C25H38O. The number of hydrogen-bond donors (Lipinski definition) is 1. The first-order valence-corrected chi connectivity index (χ1v) is 11.3. The van der Waals surface area contributed by atoms with E-state index in [4.69, 9.17) is 0 Å². The largest absolute Gasteiger partial charge is 0.393 e. The molecule has 0 heterocycles. The SMILES string of the molecule is CCC#CC(C)C1CCC2C3CC=C4CC(O)CCC4(C)C3CCC12C. The van der Waals surface area contributed by atoms with E-state index in [0.29, 0.717) is 16.7 Å². The van der Waals surface area contributed by atoms with Crippen LogP contribution in [0.25, 0.3) is 0 Å². The molecule has 8 unspecified atom stereocenters. The zero-order chi connectivity index (χ0) is 18.5. The second kappa shape index (κ2) is 6.70. The molecular weight excluding hydrogens is 316 g/mol. The van der Waals surface area contributed by atoms with Gasteiger partial charge in [-0.05, 0) is 85.9 Å². The minimum absolute atomic E-state index is 0.0893. The molecule has 0 bridgehead atoms. The van der Waals surface area contributed by atoms with E-state index in [1.807, 2.05) is 0 Å². The van der Waals surface area contributed by atoms with Gasteiger partial charge in [0.15, 0.2) is 0 Å². The monoisotopic (exact) mass is 354 g/mol. The highest BCUT2D eigenvalue weighted by molar-refractivity contribution is 5.25. The van der Waals surface area contributed by atoms with E-state index in [9.17, 15) is 5.11 Å². The Morgan fingerprint density at radius 2 is 1.96 bits per heavy atom. The van der Waals surface area contributed by atoms with Crippen molar-refractivity contribution in [1.82, 2.24) is 0 Å². The van der Waals surface area contributed by atoms with Crippen LogP contribution in [0.15, 0.2) is 11.6 Å². The van der Waals surface area contributed by atoms with E-state index in [0.717, 1.165) is 42.9 Å². The predicted octanol–water partition coefficient (Wildman–Crippen LogP) is 5.98. The van der Waals surface area contributed by atoms with Crippen LogP contribution in [0.5, 0.6) is 0 Å². The van der Waals surface area contributed by atoms with Crippen molar-refractivity contribution >= 4 is 0 Å². The molecule has 0 spiro atoms. The van der Waals surface area contributed by atoms with Gasteiger partial charge in [0, 0.05) is 12.3 Å². The van der Waals surface area contributed by atoms with Crippen molar-refractivity contribution in [3.05, 3.63) is 11.6 Å². The fourth-order valence-electron chi connectivity index (χ4n) is 7.87.